The van der Waals surface area contributed by atoms with Crippen LogP contribution >= 0.6 is 0 Å². The summed E-state index contributed by atoms with van der Waals surface area (Å²) in [6.07, 6.45) is 4.45. The van der Waals surface area contributed by atoms with Crippen molar-refractivity contribution in [2.75, 3.05) is 6.61 Å². The molecule has 16 heavy (non-hydrogen) atoms. The molecule has 90 valence electrons. The van der Waals surface area contributed by atoms with Crippen LogP contribution in [0, 0.1) is 11.8 Å². The summed E-state index contributed by atoms with van der Waals surface area (Å²) < 4.78 is 0. The van der Waals surface area contributed by atoms with Gasteiger partial charge in [0, 0.05) is 6.04 Å². The molecule has 0 unspecified atom stereocenters. The molecule has 0 aliphatic heterocycles. The maximum Gasteiger partial charge on any atom is 0.307 e. The Labute approximate surface area is 94.2 Å². The maximum atomic E-state index is 11.8. The van der Waals surface area contributed by atoms with Crippen molar-refractivity contribution in [1.82, 2.24) is 5.32 Å². The summed E-state index contributed by atoms with van der Waals surface area (Å²) in [6.45, 7) is 1.53. The second-order valence-electron chi connectivity index (χ2n) is 4.09. The molecule has 0 bridgehead atoms. The van der Waals surface area contributed by atoms with Gasteiger partial charge < -0.3 is 15.5 Å². The number of aliphatic carboxylic acids is 1. The van der Waals surface area contributed by atoms with Crippen molar-refractivity contribution in [1.29, 1.82) is 0 Å². The molecule has 0 fully saturated rings. The van der Waals surface area contributed by atoms with Crippen LogP contribution in [0.2, 0.25) is 0 Å². The zero-order valence-corrected chi connectivity index (χ0v) is 9.22. The van der Waals surface area contributed by atoms with E-state index in [1.165, 1.54) is 0 Å². The summed E-state index contributed by atoms with van der Waals surface area (Å²) in [6, 6.07) is -0.340. The normalized spacial score (nSPS) is 26.1. The topological polar surface area (TPSA) is 86.6 Å². The predicted octanol–water partition coefficient (Wildman–Crippen LogP) is 0.150. The van der Waals surface area contributed by atoms with Crippen LogP contribution in [-0.4, -0.2) is 34.7 Å². The summed E-state index contributed by atoms with van der Waals surface area (Å²) >= 11 is 0. The molecule has 1 aliphatic rings. The molecule has 0 radical (unpaired) electrons. The number of carbonyl (C=O) groups excluding carboxylic acids is 1. The summed E-state index contributed by atoms with van der Waals surface area (Å²) in [4.78, 5) is 22.7. The van der Waals surface area contributed by atoms with Gasteiger partial charge in [-0.1, -0.05) is 12.2 Å². The van der Waals surface area contributed by atoms with Gasteiger partial charge >= 0.3 is 5.97 Å². The summed E-state index contributed by atoms with van der Waals surface area (Å²) in [5, 5.41) is 20.4. The van der Waals surface area contributed by atoms with E-state index in [4.69, 9.17) is 10.2 Å². The number of hydrogen-bond donors (Lipinski definition) is 3. The highest BCUT2D eigenvalue weighted by molar-refractivity contribution is 5.85. The van der Waals surface area contributed by atoms with Gasteiger partial charge in [-0.05, 0) is 19.8 Å². The standard InChI is InChI=1S/C11H17NO4/c1-7(6-13)12-10(14)8-4-2-3-5-9(8)11(15)16/h2-3,7-9,13H,4-6H2,1H3,(H,12,14)(H,15,16)/t7-,8+,9-/m0/s1. The molecule has 0 aromatic heterocycles. The second-order valence-corrected chi connectivity index (χ2v) is 4.09. The number of aliphatic hydroxyl groups excluding tert-OH is 1. The molecule has 0 aromatic rings. The van der Waals surface area contributed by atoms with Gasteiger partial charge in [0.05, 0.1) is 18.4 Å². The molecule has 0 heterocycles. The van der Waals surface area contributed by atoms with Gasteiger partial charge in [0.2, 0.25) is 5.91 Å². The first-order valence-corrected chi connectivity index (χ1v) is 5.35. The molecule has 3 N–H and O–H groups in total. The fourth-order valence-corrected chi connectivity index (χ4v) is 1.77. The number of rotatable bonds is 4. The van der Waals surface area contributed by atoms with E-state index in [9.17, 15) is 9.59 Å². The number of hydrogen-bond acceptors (Lipinski definition) is 3. The molecule has 0 spiro atoms. The van der Waals surface area contributed by atoms with Crippen LogP contribution in [0.3, 0.4) is 0 Å². The van der Waals surface area contributed by atoms with Gasteiger partial charge in [0.1, 0.15) is 0 Å². The molecule has 1 amide bonds. The third kappa shape index (κ3) is 3.06. The highest BCUT2D eigenvalue weighted by Gasteiger charge is 2.34. The van der Waals surface area contributed by atoms with Gasteiger partial charge in [0.15, 0.2) is 0 Å². The highest BCUT2D eigenvalue weighted by atomic mass is 16.4. The Morgan fingerprint density at radius 1 is 1.38 bits per heavy atom. The van der Waals surface area contributed by atoms with Crippen molar-refractivity contribution in [3.8, 4) is 0 Å². The Kier molecular flexibility index (Phi) is 4.49. The van der Waals surface area contributed by atoms with E-state index in [0.29, 0.717) is 12.8 Å². The molecule has 5 nitrogen and oxygen atoms in total. The molecule has 5 heteroatoms. The van der Waals surface area contributed by atoms with Gasteiger partial charge in [-0.3, -0.25) is 9.59 Å². The quantitative estimate of drug-likeness (QED) is 0.597. The molecule has 0 saturated heterocycles. The molecular weight excluding hydrogens is 210 g/mol. The van der Waals surface area contributed by atoms with Crippen LogP contribution < -0.4 is 5.32 Å². The summed E-state index contributed by atoms with van der Waals surface area (Å²) in [7, 11) is 0. The highest BCUT2D eigenvalue weighted by Crippen LogP contribution is 2.26. The van der Waals surface area contributed by atoms with E-state index < -0.39 is 17.8 Å². The van der Waals surface area contributed by atoms with Crippen molar-refractivity contribution >= 4 is 11.9 Å². The molecule has 1 rings (SSSR count). The number of allylic oxidation sites excluding steroid dienone is 2. The molecule has 1 aliphatic carbocycles. The van der Waals surface area contributed by atoms with E-state index in [2.05, 4.69) is 5.32 Å². The van der Waals surface area contributed by atoms with E-state index in [0.717, 1.165) is 0 Å². The Bertz CT molecular complexity index is 300. The lowest BCUT2D eigenvalue weighted by molar-refractivity contribution is -0.147. The van der Waals surface area contributed by atoms with E-state index in [-0.39, 0.29) is 18.6 Å². The smallest absolute Gasteiger partial charge is 0.307 e. The fourth-order valence-electron chi connectivity index (χ4n) is 1.77. The van der Waals surface area contributed by atoms with Crippen molar-refractivity contribution in [2.24, 2.45) is 11.8 Å². The molecule has 0 aromatic carbocycles. The molecule has 3 atom stereocenters. The van der Waals surface area contributed by atoms with E-state index in [1.54, 1.807) is 13.0 Å². The molecular formula is C11H17NO4. The van der Waals surface area contributed by atoms with Crippen molar-refractivity contribution < 1.29 is 19.8 Å². The lowest BCUT2D eigenvalue weighted by Crippen LogP contribution is -2.43. The van der Waals surface area contributed by atoms with E-state index >= 15 is 0 Å². The van der Waals surface area contributed by atoms with Crippen LogP contribution in [0.4, 0.5) is 0 Å². The number of nitrogens with one attached hydrogen (secondary N) is 1. The maximum absolute atomic E-state index is 11.8. The predicted molar refractivity (Wildman–Crippen MR) is 57.7 cm³/mol. The van der Waals surface area contributed by atoms with Crippen LogP contribution in [0.1, 0.15) is 19.8 Å². The van der Waals surface area contributed by atoms with Gasteiger partial charge in [-0.25, -0.2) is 0 Å². The lowest BCUT2D eigenvalue weighted by atomic mass is 9.82. The first-order valence-electron chi connectivity index (χ1n) is 5.35. The number of carboxylic acids is 1. The largest absolute Gasteiger partial charge is 0.481 e. The third-order valence-electron chi connectivity index (χ3n) is 2.75. The molecule has 0 saturated carbocycles. The van der Waals surface area contributed by atoms with Crippen LogP contribution in [0.5, 0.6) is 0 Å². The first-order chi connectivity index (χ1) is 7.56. The number of carboxylic acid groups (broad SMARTS) is 1. The van der Waals surface area contributed by atoms with Gasteiger partial charge in [-0.2, -0.15) is 0 Å². The lowest BCUT2D eigenvalue weighted by Gasteiger charge is -2.25. The average Bonchev–Trinajstić information content (AvgIpc) is 2.28. The zero-order chi connectivity index (χ0) is 12.1. The van der Waals surface area contributed by atoms with Crippen LogP contribution in [0.25, 0.3) is 0 Å². The minimum absolute atomic E-state index is 0.147. The minimum Gasteiger partial charge on any atom is -0.481 e. The number of aliphatic hydroxyl groups is 1. The summed E-state index contributed by atoms with van der Waals surface area (Å²) in [5.41, 5.74) is 0. The number of amides is 1. The number of carbonyl (C=O) groups is 2. The van der Waals surface area contributed by atoms with Crippen LogP contribution in [0.15, 0.2) is 12.2 Å². The SMILES string of the molecule is C[C@@H](CO)NC(=O)[C@@H]1CC=CC[C@@H]1C(=O)O. The van der Waals surface area contributed by atoms with Crippen molar-refractivity contribution in [3.05, 3.63) is 12.2 Å². The van der Waals surface area contributed by atoms with Gasteiger partial charge in [0.25, 0.3) is 0 Å². The summed E-state index contributed by atoms with van der Waals surface area (Å²) in [5.74, 6) is -2.42. The van der Waals surface area contributed by atoms with Crippen molar-refractivity contribution in [3.63, 3.8) is 0 Å². The average molecular weight is 227 g/mol. The van der Waals surface area contributed by atoms with E-state index in [1.807, 2.05) is 6.08 Å². The van der Waals surface area contributed by atoms with Gasteiger partial charge in [-0.15, -0.1) is 0 Å². The Morgan fingerprint density at radius 3 is 2.44 bits per heavy atom. The first kappa shape index (κ1) is 12.7. The zero-order valence-electron chi connectivity index (χ0n) is 9.22. The second kappa shape index (κ2) is 5.65. The minimum atomic E-state index is -0.943. The Hall–Kier alpha value is -1.36. The third-order valence-corrected chi connectivity index (χ3v) is 2.75. The Morgan fingerprint density at radius 2 is 1.94 bits per heavy atom. The monoisotopic (exact) mass is 227 g/mol. The van der Waals surface area contributed by atoms with Crippen LogP contribution in [-0.2, 0) is 9.59 Å². The fraction of sp³-hybridized carbons (Fsp3) is 0.636. The Balaban J connectivity index is 2.65. The van der Waals surface area contributed by atoms with Crippen molar-refractivity contribution in [2.45, 2.75) is 25.8 Å².